The maximum absolute atomic E-state index is 12.3. The summed E-state index contributed by atoms with van der Waals surface area (Å²) in [5.41, 5.74) is 3.28. The van der Waals surface area contributed by atoms with Gasteiger partial charge in [-0.2, -0.15) is 0 Å². The van der Waals surface area contributed by atoms with Gasteiger partial charge in [-0.25, -0.2) is 0 Å². The average Bonchev–Trinajstić information content (AvgIpc) is 2.68. The van der Waals surface area contributed by atoms with Crippen molar-refractivity contribution in [3.63, 3.8) is 0 Å². The molecule has 1 fully saturated rings. The van der Waals surface area contributed by atoms with E-state index in [9.17, 15) is 4.79 Å². The molecule has 0 radical (unpaired) electrons. The Kier molecular flexibility index (Phi) is 4.80. The maximum Gasteiger partial charge on any atom is 0.251 e. The van der Waals surface area contributed by atoms with E-state index in [1.807, 2.05) is 42.5 Å². The fraction of sp³-hybridized carbons (Fsp3) is 0.174. The molecule has 3 aromatic carbocycles. The first kappa shape index (κ1) is 16.6. The van der Waals surface area contributed by atoms with E-state index in [0.29, 0.717) is 5.56 Å². The van der Waals surface area contributed by atoms with E-state index in [4.69, 9.17) is 0 Å². The molecule has 3 aromatic rings. The van der Waals surface area contributed by atoms with Crippen molar-refractivity contribution >= 4 is 5.91 Å². The quantitative estimate of drug-likeness (QED) is 0.763. The van der Waals surface area contributed by atoms with E-state index in [1.54, 1.807) is 0 Å². The zero-order valence-electron chi connectivity index (χ0n) is 14.6. The Labute approximate surface area is 154 Å². The summed E-state index contributed by atoms with van der Waals surface area (Å²) in [4.78, 5) is 14.8. The van der Waals surface area contributed by atoms with E-state index in [1.165, 1.54) is 11.1 Å². The van der Waals surface area contributed by atoms with E-state index in [0.717, 1.165) is 13.1 Å². The van der Waals surface area contributed by atoms with E-state index in [2.05, 4.69) is 58.7 Å². The van der Waals surface area contributed by atoms with Crippen molar-refractivity contribution in [2.24, 2.45) is 0 Å². The lowest BCUT2D eigenvalue weighted by Gasteiger charge is -2.45. The number of carbonyl (C=O) groups is 1. The minimum Gasteiger partial charge on any atom is -0.347 e. The summed E-state index contributed by atoms with van der Waals surface area (Å²) in [5.74, 6) is 0.00576. The van der Waals surface area contributed by atoms with Crippen LogP contribution in [-0.2, 0) is 0 Å². The predicted octanol–water partition coefficient (Wildman–Crippen LogP) is 3.89. The predicted molar refractivity (Wildman–Crippen MR) is 104 cm³/mol. The normalized spacial score (nSPS) is 14.8. The molecular weight excluding hydrogens is 320 g/mol. The van der Waals surface area contributed by atoms with Crippen molar-refractivity contribution < 1.29 is 4.79 Å². The van der Waals surface area contributed by atoms with Gasteiger partial charge in [-0.15, -0.1) is 0 Å². The number of benzene rings is 3. The zero-order valence-corrected chi connectivity index (χ0v) is 14.6. The topological polar surface area (TPSA) is 32.3 Å². The first-order valence-electron chi connectivity index (χ1n) is 9.01. The van der Waals surface area contributed by atoms with E-state index in [-0.39, 0.29) is 18.0 Å². The molecule has 0 unspecified atom stereocenters. The number of hydrogen-bond donors (Lipinski definition) is 1. The second kappa shape index (κ2) is 7.54. The van der Waals surface area contributed by atoms with Gasteiger partial charge in [0.1, 0.15) is 0 Å². The second-order valence-corrected chi connectivity index (χ2v) is 6.71. The highest BCUT2D eigenvalue weighted by Gasteiger charge is 2.34. The van der Waals surface area contributed by atoms with Crippen molar-refractivity contribution in [3.8, 4) is 0 Å². The van der Waals surface area contributed by atoms with Crippen LogP contribution in [0.2, 0.25) is 0 Å². The number of carbonyl (C=O) groups excluding carboxylic acids is 1. The molecule has 0 atom stereocenters. The molecule has 3 nitrogen and oxygen atoms in total. The van der Waals surface area contributed by atoms with Crippen molar-refractivity contribution in [2.75, 3.05) is 13.1 Å². The van der Waals surface area contributed by atoms with Crippen molar-refractivity contribution in [1.82, 2.24) is 10.2 Å². The lowest BCUT2D eigenvalue weighted by molar-refractivity contribution is 0.0718. The van der Waals surface area contributed by atoms with Gasteiger partial charge in [0.15, 0.2) is 0 Å². The molecule has 0 aromatic heterocycles. The second-order valence-electron chi connectivity index (χ2n) is 6.71. The molecule has 26 heavy (non-hydrogen) atoms. The number of nitrogens with zero attached hydrogens (tertiary/aromatic N) is 1. The molecule has 1 saturated heterocycles. The summed E-state index contributed by atoms with van der Waals surface area (Å²) in [7, 11) is 0. The standard InChI is InChI=1S/C23H22N2O/c26-23(20-14-8-3-9-15-20)24-21-16-25(17-21)22(18-10-4-1-5-11-18)19-12-6-2-7-13-19/h1-15,21-22H,16-17H2,(H,24,26). The molecule has 4 rings (SSSR count). The third kappa shape index (κ3) is 3.53. The highest BCUT2D eigenvalue weighted by Crippen LogP contribution is 2.32. The summed E-state index contributed by atoms with van der Waals surface area (Å²) >= 11 is 0. The monoisotopic (exact) mass is 342 g/mol. The molecule has 1 amide bonds. The minimum atomic E-state index is 0.00576. The Morgan fingerprint density at radius 2 is 1.23 bits per heavy atom. The molecule has 0 bridgehead atoms. The molecule has 1 aliphatic rings. The van der Waals surface area contributed by atoms with Gasteiger partial charge in [0.25, 0.3) is 5.91 Å². The smallest absolute Gasteiger partial charge is 0.251 e. The fourth-order valence-electron chi connectivity index (χ4n) is 3.56. The van der Waals surface area contributed by atoms with Crippen LogP contribution in [0.3, 0.4) is 0 Å². The molecule has 0 saturated carbocycles. The van der Waals surface area contributed by atoms with E-state index >= 15 is 0 Å². The van der Waals surface area contributed by atoms with Crippen LogP contribution in [0.25, 0.3) is 0 Å². The van der Waals surface area contributed by atoms with Crippen molar-refractivity contribution in [3.05, 3.63) is 108 Å². The van der Waals surface area contributed by atoms with Gasteiger partial charge in [0.2, 0.25) is 0 Å². The van der Waals surface area contributed by atoms with Gasteiger partial charge in [-0.1, -0.05) is 78.9 Å². The highest BCUT2D eigenvalue weighted by molar-refractivity contribution is 5.94. The molecule has 0 spiro atoms. The number of amides is 1. The van der Waals surface area contributed by atoms with Crippen molar-refractivity contribution in [2.45, 2.75) is 12.1 Å². The lowest BCUT2D eigenvalue weighted by Crippen LogP contribution is -2.60. The Bertz CT molecular complexity index is 804. The Morgan fingerprint density at radius 1 is 0.769 bits per heavy atom. The van der Waals surface area contributed by atoms with Gasteiger partial charge in [-0.05, 0) is 23.3 Å². The number of likely N-dealkylation sites (tertiary alicyclic amines) is 1. The van der Waals surface area contributed by atoms with Crippen LogP contribution in [0.1, 0.15) is 27.5 Å². The number of rotatable bonds is 5. The third-order valence-electron chi connectivity index (χ3n) is 4.88. The van der Waals surface area contributed by atoms with Gasteiger partial charge in [0.05, 0.1) is 12.1 Å². The fourth-order valence-corrected chi connectivity index (χ4v) is 3.56. The van der Waals surface area contributed by atoms with Crippen molar-refractivity contribution in [1.29, 1.82) is 0 Å². The molecule has 3 heteroatoms. The third-order valence-corrected chi connectivity index (χ3v) is 4.88. The largest absolute Gasteiger partial charge is 0.347 e. The van der Waals surface area contributed by atoms with E-state index < -0.39 is 0 Å². The SMILES string of the molecule is O=C(NC1CN(C(c2ccccc2)c2ccccc2)C1)c1ccccc1. The number of hydrogen-bond acceptors (Lipinski definition) is 2. The van der Waals surface area contributed by atoms with Gasteiger partial charge >= 0.3 is 0 Å². The van der Waals surface area contributed by atoms with Crippen LogP contribution >= 0.6 is 0 Å². The maximum atomic E-state index is 12.3. The molecule has 0 aliphatic carbocycles. The van der Waals surface area contributed by atoms with Crippen LogP contribution in [-0.4, -0.2) is 29.9 Å². The summed E-state index contributed by atoms with van der Waals surface area (Å²) in [6, 6.07) is 30.9. The first-order chi connectivity index (χ1) is 12.8. The van der Waals surface area contributed by atoms with Gasteiger partial charge < -0.3 is 5.32 Å². The van der Waals surface area contributed by atoms with Crippen LogP contribution < -0.4 is 5.32 Å². The van der Waals surface area contributed by atoms with Crippen LogP contribution in [0.15, 0.2) is 91.0 Å². The first-order valence-corrected chi connectivity index (χ1v) is 9.01. The lowest BCUT2D eigenvalue weighted by atomic mass is 9.93. The Balaban J connectivity index is 1.45. The Hall–Kier alpha value is -2.91. The minimum absolute atomic E-state index is 0.00576. The molecular formula is C23H22N2O. The zero-order chi connectivity index (χ0) is 17.8. The van der Waals surface area contributed by atoms with Crippen LogP contribution in [0.4, 0.5) is 0 Å². The molecule has 130 valence electrons. The summed E-state index contributed by atoms with van der Waals surface area (Å²) < 4.78 is 0. The highest BCUT2D eigenvalue weighted by atomic mass is 16.1. The molecule has 1 aliphatic heterocycles. The Morgan fingerprint density at radius 3 is 1.73 bits per heavy atom. The summed E-state index contributed by atoms with van der Waals surface area (Å²) in [5, 5.41) is 3.14. The van der Waals surface area contributed by atoms with Gasteiger partial charge in [0, 0.05) is 18.7 Å². The number of nitrogens with one attached hydrogen (secondary N) is 1. The van der Waals surface area contributed by atoms with Crippen LogP contribution in [0, 0.1) is 0 Å². The summed E-state index contributed by atoms with van der Waals surface area (Å²) in [6.07, 6.45) is 0. The molecule has 1 N–H and O–H groups in total. The summed E-state index contributed by atoms with van der Waals surface area (Å²) in [6.45, 7) is 1.71. The molecule has 1 heterocycles. The van der Waals surface area contributed by atoms with Gasteiger partial charge in [-0.3, -0.25) is 9.69 Å². The van der Waals surface area contributed by atoms with Crippen LogP contribution in [0.5, 0.6) is 0 Å². The average molecular weight is 342 g/mol.